The molecule has 0 aromatic heterocycles. The van der Waals surface area contributed by atoms with Crippen molar-refractivity contribution in [2.45, 2.75) is 25.7 Å². The number of fused-ring (bicyclic) bond motifs is 2. The zero-order chi connectivity index (χ0) is 17.0. The van der Waals surface area contributed by atoms with E-state index in [1.165, 1.54) is 54.0 Å². The van der Waals surface area contributed by atoms with Crippen molar-refractivity contribution < 1.29 is 0 Å². The minimum Gasteiger partial charge on any atom is -0.371 e. The second-order valence-corrected chi connectivity index (χ2v) is 8.16. The number of hydrogen-bond donors (Lipinski definition) is 2. The Morgan fingerprint density at radius 1 is 1.20 bits per heavy atom. The summed E-state index contributed by atoms with van der Waals surface area (Å²) < 4.78 is 0. The van der Waals surface area contributed by atoms with Crippen molar-refractivity contribution >= 4 is 28.7 Å². The summed E-state index contributed by atoms with van der Waals surface area (Å²) in [4.78, 5) is 2.63. The van der Waals surface area contributed by atoms with Gasteiger partial charge in [0.2, 0.25) is 0 Å². The van der Waals surface area contributed by atoms with Crippen LogP contribution in [-0.2, 0) is 6.42 Å². The highest BCUT2D eigenvalue weighted by Gasteiger charge is 2.38. The summed E-state index contributed by atoms with van der Waals surface area (Å²) in [6.07, 6.45) is 2.44. The summed E-state index contributed by atoms with van der Waals surface area (Å²) in [5.41, 5.74) is 7.95. The van der Waals surface area contributed by atoms with Gasteiger partial charge in [-0.25, -0.2) is 0 Å². The average molecular weight is 354 g/mol. The molecule has 2 aromatic carbocycles. The monoisotopic (exact) mass is 353 g/mol. The van der Waals surface area contributed by atoms with Crippen LogP contribution >= 0.6 is 11.6 Å². The van der Waals surface area contributed by atoms with E-state index in [2.05, 4.69) is 46.7 Å². The van der Waals surface area contributed by atoms with E-state index in [1.807, 2.05) is 6.07 Å². The molecule has 130 valence electrons. The highest BCUT2D eigenvalue weighted by molar-refractivity contribution is 6.33. The van der Waals surface area contributed by atoms with Crippen LogP contribution in [0.25, 0.3) is 0 Å². The van der Waals surface area contributed by atoms with Crippen LogP contribution in [0.5, 0.6) is 0 Å². The van der Waals surface area contributed by atoms with E-state index in [0.29, 0.717) is 5.92 Å². The van der Waals surface area contributed by atoms with Gasteiger partial charge in [-0.2, -0.15) is 0 Å². The lowest BCUT2D eigenvalue weighted by Crippen LogP contribution is -2.41. The fraction of sp³-hybridized carbons (Fsp3) is 0.429. The minimum atomic E-state index is 0.651. The van der Waals surface area contributed by atoms with Gasteiger partial charge in [0.1, 0.15) is 0 Å². The topological polar surface area (TPSA) is 27.3 Å². The Labute approximate surface area is 154 Å². The first-order valence-electron chi connectivity index (χ1n) is 9.35. The van der Waals surface area contributed by atoms with Crippen LogP contribution in [0.3, 0.4) is 0 Å². The Balaban J connectivity index is 1.58. The lowest BCUT2D eigenvalue weighted by molar-refractivity contribution is 0.470. The fourth-order valence-corrected chi connectivity index (χ4v) is 5.03. The van der Waals surface area contributed by atoms with Crippen molar-refractivity contribution in [3.63, 3.8) is 0 Å². The van der Waals surface area contributed by atoms with E-state index >= 15 is 0 Å². The summed E-state index contributed by atoms with van der Waals surface area (Å²) in [6.45, 7) is 6.79. The molecule has 0 radical (unpaired) electrons. The molecule has 5 rings (SSSR count). The Morgan fingerprint density at radius 2 is 2.12 bits per heavy atom. The first kappa shape index (κ1) is 15.5. The van der Waals surface area contributed by atoms with Crippen molar-refractivity contribution in [2.75, 3.05) is 36.4 Å². The maximum atomic E-state index is 6.41. The van der Waals surface area contributed by atoms with E-state index in [-0.39, 0.29) is 0 Å². The fourth-order valence-electron chi connectivity index (χ4n) is 4.87. The maximum Gasteiger partial charge on any atom is 0.0641 e. The number of nitrogens with zero attached hydrogens (tertiary/aromatic N) is 1. The third-order valence-corrected chi connectivity index (χ3v) is 6.33. The molecule has 3 aliphatic rings. The Kier molecular flexibility index (Phi) is 3.68. The first-order valence-corrected chi connectivity index (χ1v) is 9.72. The normalized spacial score (nSPS) is 24.0. The molecule has 0 unspecified atom stereocenters. The number of hydrogen-bond acceptors (Lipinski definition) is 3. The molecule has 3 nitrogen and oxygen atoms in total. The van der Waals surface area contributed by atoms with Gasteiger partial charge in [0.15, 0.2) is 0 Å². The molecule has 3 heterocycles. The molecule has 3 aliphatic heterocycles. The molecule has 1 fully saturated rings. The highest BCUT2D eigenvalue weighted by Crippen LogP contribution is 2.46. The molecule has 2 N–H and O–H groups in total. The van der Waals surface area contributed by atoms with E-state index in [4.69, 9.17) is 11.6 Å². The van der Waals surface area contributed by atoms with Crippen LogP contribution in [0, 0.1) is 12.8 Å². The van der Waals surface area contributed by atoms with Gasteiger partial charge >= 0.3 is 0 Å². The predicted octanol–water partition coefficient (Wildman–Crippen LogP) is 4.46. The van der Waals surface area contributed by atoms with Gasteiger partial charge in [-0.05, 0) is 66.6 Å². The highest BCUT2D eigenvalue weighted by atomic mass is 35.5. The number of rotatable bonds is 2. The molecule has 0 aliphatic carbocycles. The van der Waals surface area contributed by atoms with E-state index in [1.54, 1.807) is 0 Å². The Hall–Kier alpha value is -1.71. The van der Waals surface area contributed by atoms with Crippen LogP contribution in [0.2, 0.25) is 5.02 Å². The Bertz CT molecular complexity index is 832. The molecule has 0 bridgehead atoms. The second kappa shape index (κ2) is 5.93. The molecule has 0 spiro atoms. The summed E-state index contributed by atoms with van der Waals surface area (Å²) in [5, 5.41) is 7.97. The summed E-state index contributed by atoms with van der Waals surface area (Å²) >= 11 is 6.41. The molecule has 0 saturated carbocycles. The van der Waals surface area contributed by atoms with Gasteiger partial charge in [-0.3, -0.25) is 0 Å². The molecule has 4 heteroatoms. The molecule has 1 saturated heterocycles. The van der Waals surface area contributed by atoms with Crippen LogP contribution in [0.4, 0.5) is 17.1 Å². The number of anilines is 3. The Morgan fingerprint density at radius 3 is 3.04 bits per heavy atom. The summed E-state index contributed by atoms with van der Waals surface area (Å²) in [6, 6.07) is 10.9. The van der Waals surface area contributed by atoms with Crippen LogP contribution in [0.1, 0.15) is 29.0 Å². The van der Waals surface area contributed by atoms with Gasteiger partial charge in [0, 0.05) is 43.5 Å². The number of nitrogens with one attached hydrogen (secondary N) is 2. The van der Waals surface area contributed by atoms with Gasteiger partial charge in [-0.15, -0.1) is 0 Å². The lowest BCUT2D eigenvalue weighted by atomic mass is 9.80. The molecule has 0 amide bonds. The smallest absolute Gasteiger partial charge is 0.0641 e. The maximum absolute atomic E-state index is 6.41. The predicted molar refractivity (Wildman–Crippen MR) is 106 cm³/mol. The molecule has 25 heavy (non-hydrogen) atoms. The number of benzene rings is 2. The minimum absolute atomic E-state index is 0.651. The van der Waals surface area contributed by atoms with Crippen LogP contribution in [0.15, 0.2) is 30.3 Å². The molecule has 2 atom stereocenters. The van der Waals surface area contributed by atoms with Gasteiger partial charge in [0.05, 0.1) is 10.7 Å². The SMILES string of the molecule is Cc1ccc(Cl)c(Nc2cc3c4c(c2)[C@@H]2CNC[C@@H]2CN4CCC3)c1. The van der Waals surface area contributed by atoms with E-state index < -0.39 is 0 Å². The summed E-state index contributed by atoms with van der Waals surface area (Å²) in [7, 11) is 0. The first-order chi connectivity index (χ1) is 12.2. The van der Waals surface area contributed by atoms with Gasteiger partial charge < -0.3 is 15.5 Å². The molecular weight excluding hydrogens is 330 g/mol. The second-order valence-electron chi connectivity index (χ2n) is 7.76. The number of aryl methyl sites for hydroxylation is 2. The van der Waals surface area contributed by atoms with Crippen molar-refractivity contribution in [3.8, 4) is 0 Å². The third-order valence-electron chi connectivity index (χ3n) is 6.00. The largest absolute Gasteiger partial charge is 0.371 e. The van der Waals surface area contributed by atoms with Crippen molar-refractivity contribution in [3.05, 3.63) is 52.0 Å². The molecular formula is C21H24ClN3. The van der Waals surface area contributed by atoms with Gasteiger partial charge in [0.25, 0.3) is 0 Å². The van der Waals surface area contributed by atoms with Crippen molar-refractivity contribution in [1.29, 1.82) is 0 Å². The average Bonchev–Trinajstić information content (AvgIpc) is 3.07. The van der Waals surface area contributed by atoms with Crippen LogP contribution in [-0.4, -0.2) is 26.2 Å². The van der Waals surface area contributed by atoms with Gasteiger partial charge in [-0.1, -0.05) is 17.7 Å². The third kappa shape index (κ3) is 2.61. The van der Waals surface area contributed by atoms with Crippen molar-refractivity contribution in [2.24, 2.45) is 5.92 Å². The number of halogens is 1. The van der Waals surface area contributed by atoms with E-state index in [9.17, 15) is 0 Å². The zero-order valence-corrected chi connectivity index (χ0v) is 15.4. The zero-order valence-electron chi connectivity index (χ0n) is 14.6. The van der Waals surface area contributed by atoms with Crippen molar-refractivity contribution in [1.82, 2.24) is 5.32 Å². The molecule has 2 aromatic rings. The summed E-state index contributed by atoms with van der Waals surface area (Å²) in [5.74, 6) is 1.40. The van der Waals surface area contributed by atoms with Crippen LogP contribution < -0.4 is 15.5 Å². The quantitative estimate of drug-likeness (QED) is 0.834. The standard InChI is InChI=1S/C21H24ClN3/c1-13-4-5-19(22)20(7-13)24-16-8-14-3-2-6-25-12-15-10-23-11-18(15)17(9-16)21(14)25/h4-5,7-9,15,18,23-24H,2-3,6,10-12H2,1H3/t15-,18-/m1/s1. The van der Waals surface area contributed by atoms with E-state index in [0.717, 1.165) is 29.7 Å². The lowest BCUT2D eigenvalue weighted by Gasteiger charge is -2.42.